The summed E-state index contributed by atoms with van der Waals surface area (Å²) in [7, 11) is 7.09. The lowest BCUT2D eigenvalue weighted by Crippen LogP contribution is -2.19. The fourth-order valence-corrected chi connectivity index (χ4v) is 9.44. The van der Waals surface area contributed by atoms with Crippen LogP contribution in [0.15, 0.2) is 264 Å². The number of amides is 4. The van der Waals surface area contributed by atoms with Gasteiger partial charge < -0.3 is 82.9 Å². The molecule has 0 radical (unpaired) electrons. The summed E-state index contributed by atoms with van der Waals surface area (Å²) in [6.45, 7) is 15.5. The molecule has 586 valence electrons. The lowest BCUT2D eigenvalue weighted by atomic mass is 10.2. The second-order valence-corrected chi connectivity index (χ2v) is 23.7. The molecule has 30 nitrogen and oxygen atoms in total. The molecule has 0 unspecified atom stereocenters. The van der Waals surface area contributed by atoms with E-state index >= 15 is 0 Å². The Hall–Kier alpha value is -15.7. The number of nitrogens with one attached hydrogen (secondary N) is 12. The molecule has 6 heterocycles. The molecule has 0 bridgehead atoms. The Morgan fingerprint density at radius 3 is 1.11 bits per heavy atom. The van der Waals surface area contributed by atoms with Gasteiger partial charge in [-0.15, -0.1) is 0 Å². The van der Waals surface area contributed by atoms with Gasteiger partial charge in [0.25, 0.3) is 0 Å². The van der Waals surface area contributed by atoms with Gasteiger partial charge in [-0.2, -0.15) is 19.9 Å². The second-order valence-electron chi connectivity index (χ2n) is 23.7. The molecule has 0 spiro atoms. The molecule has 0 atom stereocenters. The molecule has 0 aliphatic carbocycles. The van der Waals surface area contributed by atoms with Crippen molar-refractivity contribution in [3.8, 4) is 17.4 Å². The van der Waals surface area contributed by atoms with Crippen LogP contribution in [-0.4, -0.2) is 120 Å². The first-order valence-corrected chi connectivity index (χ1v) is 34.5. The van der Waals surface area contributed by atoms with Crippen LogP contribution in [0.4, 0.5) is 127 Å². The maximum absolute atomic E-state index is 14.3. The molecule has 34 heteroatoms. The van der Waals surface area contributed by atoms with Crippen molar-refractivity contribution < 1.29 is 51.0 Å². The number of ether oxygens (including phenoxy) is 3. The summed E-state index contributed by atoms with van der Waals surface area (Å²) in [5.41, 5.74) is 7.37. The van der Waals surface area contributed by atoms with Gasteiger partial charge in [-0.3, -0.25) is 24.2 Å². The van der Waals surface area contributed by atoms with Crippen molar-refractivity contribution in [2.75, 3.05) is 105 Å². The Balaban J connectivity index is 0.000000176. The van der Waals surface area contributed by atoms with Crippen LogP contribution in [-0.2, 0) is 25.7 Å². The number of hydrogen-bond donors (Lipinski definition) is 12. The van der Waals surface area contributed by atoms with Gasteiger partial charge >= 0.3 is 0 Å². The summed E-state index contributed by atoms with van der Waals surface area (Å²) in [5.74, 6) is -0.961. The smallest absolute Gasteiger partial charge is 0.247 e. The van der Waals surface area contributed by atoms with E-state index in [0.29, 0.717) is 87.3 Å². The van der Waals surface area contributed by atoms with Crippen molar-refractivity contribution >= 4 is 133 Å². The van der Waals surface area contributed by atoms with Gasteiger partial charge in [-0.25, -0.2) is 42.5 Å². The molecule has 0 aliphatic heterocycles. The van der Waals surface area contributed by atoms with Crippen LogP contribution in [0.3, 0.4) is 0 Å². The molecule has 12 N–H and O–H groups in total. The summed E-state index contributed by atoms with van der Waals surface area (Å²) in [5, 5.41) is 34.1. The number of pyridine rings is 2. The highest BCUT2D eigenvalue weighted by molar-refractivity contribution is 6.01. The number of halogens is 4. The predicted octanol–water partition coefficient (Wildman–Crippen LogP) is 15.5. The van der Waals surface area contributed by atoms with Crippen molar-refractivity contribution in [1.29, 1.82) is 0 Å². The Kier molecular flexibility index (Phi) is 31.0. The third kappa shape index (κ3) is 27.7. The van der Waals surface area contributed by atoms with Crippen LogP contribution in [0, 0.1) is 23.3 Å². The second kappa shape index (κ2) is 42.9. The fraction of sp³-hybridized carbons (Fsp3) is 0.0864. The van der Waals surface area contributed by atoms with Gasteiger partial charge in [-0.05, 0) is 159 Å². The van der Waals surface area contributed by atoms with E-state index in [1.807, 2.05) is 67.5 Å². The van der Waals surface area contributed by atoms with Gasteiger partial charge in [0.05, 0.1) is 62.8 Å². The SMILES string of the molecule is C=CC(=O)Nc1cccc(Nc2nc(NCc3ccc(OC)cc3)ncc2F)c1.C=CC(=O)Nc1cccc(Nc2nc(Nc3ccc(OC)nc3)ncc2F)c1.C=CC(=O)Nc1cccc(Nc2nc(Nc3cccc(OCCN(C)C)c3)ncc2F)c1.C=CC(=O)Nc1cccc(Nc2nc(Nc3cccnc3)ncc2F)c1. The molecule has 12 rings (SSSR count). The molecule has 6 aromatic carbocycles. The summed E-state index contributed by atoms with van der Waals surface area (Å²) in [4.78, 5) is 88.3. The first kappa shape index (κ1) is 83.3. The van der Waals surface area contributed by atoms with E-state index in [-0.39, 0.29) is 70.7 Å². The van der Waals surface area contributed by atoms with Crippen molar-refractivity contribution in [3.05, 3.63) is 293 Å². The van der Waals surface area contributed by atoms with E-state index in [4.69, 9.17) is 14.2 Å². The molecule has 0 fully saturated rings. The third-order valence-corrected chi connectivity index (χ3v) is 14.9. The van der Waals surface area contributed by atoms with Crippen molar-refractivity contribution in [1.82, 2.24) is 54.7 Å². The van der Waals surface area contributed by atoms with Crippen LogP contribution in [0.5, 0.6) is 17.4 Å². The zero-order valence-corrected chi connectivity index (χ0v) is 62.3. The Bertz CT molecular complexity index is 5330. The van der Waals surface area contributed by atoms with E-state index in [2.05, 4.69) is 140 Å². The number of rotatable bonds is 31. The summed E-state index contributed by atoms with van der Waals surface area (Å²) in [6.07, 6.45) is 13.8. The number of nitrogens with zero attached hydrogens (tertiary/aromatic N) is 11. The average Bonchev–Trinajstić information content (AvgIpc) is 0.737. The van der Waals surface area contributed by atoms with E-state index in [0.717, 1.165) is 48.7 Å². The number of benzene rings is 6. The molecule has 6 aromatic heterocycles. The lowest BCUT2D eigenvalue weighted by molar-refractivity contribution is -0.112. The highest BCUT2D eigenvalue weighted by Gasteiger charge is 2.15. The first-order valence-electron chi connectivity index (χ1n) is 34.5. The molecule has 0 saturated heterocycles. The van der Waals surface area contributed by atoms with Gasteiger partial charge in [-0.1, -0.05) is 68.8 Å². The number of carbonyl (C=O) groups excluding carboxylic acids is 4. The van der Waals surface area contributed by atoms with Crippen molar-refractivity contribution in [3.63, 3.8) is 0 Å². The van der Waals surface area contributed by atoms with Gasteiger partial charge in [0, 0.05) is 82.6 Å². The zero-order valence-electron chi connectivity index (χ0n) is 62.3. The van der Waals surface area contributed by atoms with Crippen LogP contribution < -0.4 is 78.0 Å². The largest absolute Gasteiger partial charge is 0.497 e. The van der Waals surface area contributed by atoms with Gasteiger partial charge in [0.1, 0.15) is 18.1 Å². The van der Waals surface area contributed by atoms with Crippen molar-refractivity contribution in [2.24, 2.45) is 0 Å². The molecular formula is C81H77F4N23O7. The summed E-state index contributed by atoms with van der Waals surface area (Å²) in [6, 6.07) is 49.1. The highest BCUT2D eigenvalue weighted by atomic mass is 19.1. The van der Waals surface area contributed by atoms with Crippen LogP contribution in [0.1, 0.15) is 5.56 Å². The van der Waals surface area contributed by atoms with E-state index < -0.39 is 23.3 Å². The minimum Gasteiger partial charge on any atom is -0.497 e. The standard InChI is InChI=1S/C23H25FN6O2.C21H20FN5O2.C19H17FN6O2.C18H15FN6O/c1-4-21(31)26-16-7-5-8-17(13-16)27-22-20(24)15-25-23(29-22)28-18-9-6-10-19(14-18)32-12-11-30(2)3;1-3-19(28)25-15-5-4-6-16(11-15)26-20-18(22)13-24-21(27-20)23-12-14-7-9-17(29-2)10-8-14;1-3-16(27)23-12-5-4-6-13(9-12)24-18-15(20)11-22-19(26-18)25-14-7-8-17(28-2)21-10-14;1-2-16(26)22-12-5-3-6-13(9-12)23-17-15(19)11-21-18(25-17)24-14-7-4-8-20-10-14/h4-10,13-15H,1,11-12H2,2-3H3,(H,26,31)(H2,25,27,28,29);3-11,13H,1,12H2,2H3,(H,25,28)(H2,23,24,26,27);3-11H,1H2,2H3,(H,23,27)(H2,22,24,25,26);2-11H,1H2,(H,22,26)(H2,21,23,24,25). The lowest BCUT2D eigenvalue weighted by Gasteiger charge is -2.13. The molecule has 0 saturated carbocycles. The normalized spacial score (nSPS) is 10.2. The first-order chi connectivity index (χ1) is 55.7. The monoisotopic (exact) mass is 1560 g/mol. The maximum atomic E-state index is 14.3. The Morgan fingerprint density at radius 1 is 0.383 bits per heavy atom. The quantitative estimate of drug-likeness (QED) is 0.0142. The minimum absolute atomic E-state index is 0.00131. The minimum atomic E-state index is -0.626. The average molecular weight is 1560 g/mol. The Labute approximate surface area is 657 Å². The molecule has 12 aromatic rings. The number of hydrogen-bond acceptors (Lipinski definition) is 26. The van der Waals surface area contributed by atoms with Gasteiger partial charge in [0.2, 0.25) is 53.3 Å². The van der Waals surface area contributed by atoms with Crippen LogP contribution >= 0.6 is 0 Å². The van der Waals surface area contributed by atoms with Crippen molar-refractivity contribution in [2.45, 2.75) is 6.54 Å². The molecular weight excluding hydrogens is 1480 g/mol. The maximum Gasteiger partial charge on any atom is 0.247 e. The predicted molar refractivity (Wildman–Crippen MR) is 438 cm³/mol. The van der Waals surface area contributed by atoms with E-state index in [1.54, 1.807) is 147 Å². The molecule has 0 aliphatic rings. The summed E-state index contributed by atoms with van der Waals surface area (Å²) < 4.78 is 72.5. The number of likely N-dealkylation sites (N-methyl/N-ethyl adjacent to an activating group) is 1. The topological polar surface area (TPSA) is 372 Å². The molecule has 4 amide bonds. The number of methoxy groups -OCH3 is 2. The molecule has 115 heavy (non-hydrogen) atoms. The van der Waals surface area contributed by atoms with Gasteiger partial charge in [0.15, 0.2) is 46.5 Å². The summed E-state index contributed by atoms with van der Waals surface area (Å²) >= 11 is 0. The highest BCUT2D eigenvalue weighted by Crippen LogP contribution is 2.29. The fourth-order valence-electron chi connectivity index (χ4n) is 9.44. The van der Waals surface area contributed by atoms with E-state index in [9.17, 15) is 36.7 Å². The number of anilines is 19. The Morgan fingerprint density at radius 2 is 0.748 bits per heavy atom. The number of aromatic nitrogens is 10. The van der Waals surface area contributed by atoms with Crippen LogP contribution in [0.25, 0.3) is 0 Å². The number of carbonyl (C=O) groups is 4. The third-order valence-electron chi connectivity index (χ3n) is 14.9. The zero-order chi connectivity index (χ0) is 81.9. The van der Waals surface area contributed by atoms with Crippen LogP contribution in [0.2, 0.25) is 0 Å². The van der Waals surface area contributed by atoms with E-state index in [1.165, 1.54) is 25.3 Å².